The Bertz CT molecular complexity index is 420. The molecule has 1 aliphatic heterocycles. The predicted octanol–water partition coefficient (Wildman–Crippen LogP) is -2.77. The summed E-state index contributed by atoms with van der Waals surface area (Å²) in [6.07, 6.45) is 2.46. The van der Waals surface area contributed by atoms with E-state index in [0.29, 0.717) is 26.2 Å². The summed E-state index contributed by atoms with van der Waals surface area (Å²) in [4.78, 5) is 9.83. The second kappa shape index (κ2) is 27.6. The van der Waals surface area contributed by atoms with Gasteiger partial charge in [-0.15, -0.1) is 0 Å². The van der Waals surface area contributed by atoms with Crippen LogP contribution >= 0.6 is 0 Å². The standard InChI is InChI=1S/C23H58N10.C2H5N/c1-3-4-13-31(20-22-32(15-7-26)16-8-27)21-23-33(18-11-28-9-5-24)19-12-29-10-17-30(2)14-6-25;1-2-3-1/h28-29H,3-27H2,1-2H3;3H,1-2H2. The van der Waals surface area contributed by atoms with Crippen LogP contribution in [-0.2, 0) is 0 Å². The first-order valence-electron chi connectivity index (χ1n) is 14.4. The highest BCUT2D eigenvalue weighted by Crippen LogP contribution is 1.99. The minimum atomic E-state index is 0.685. The largest absolute Gasteiger partial charge is 0.329 e. The quantitative estimate of drug-likeness (QED) is 0.0469. The Morgan fingerprint density at radius 1 is 0.556 bits per heavy atom. The van der Waals surface area contributed by atoms with Gasteiger partial charge in [-0.3, -0.25) is 9.80 Å². The molecule has 0 unspecified atom stereocenters. The lowest BCUT2D eigenvalue weighted by atomic mass is 10.3. The minimum Gasteiger partial charge on any atom is -0.329 e. The molecule has 218 valence electrons. The molecule has 0 aromatic heterocycles. The molecule has 0 aliphatic carbocycles. The van der Waals surface area contributed by atoms with Crippen LogP contribution in [0.2, 0.25) is 0 Å². The third-order valence-electron chi connectivity index (χ3n) is 6.15. The van der Waals surface area contributed by atoms with Crippen LogP contribution < -0.4 is 38.9 Å². The highest BCUT2D eigenvalue weighted by Gasteiger charge is 2.11. The van der Waals surface area contributed by atoms with Crippen molar-refractivity contribution in [2.45, 2.75) is 19.8 Å². The Hall–Kier alpha value is -0.440. The lowest BCUT2D eigenvalue weighted by Crippen LogP contribution is -2.45. The molecule has 1 rings (SSSR count). The maximum atomic E-state index is 5.78. The number of nitrogens with one attached hydrogen (secondary N) is 3. The summed E-state index contributed by atoms with van der Waals surface area (Å²) in [7, 11) is 2.12. The molecule has 0 atom stereocenters. The molecule has 1 heterocycles. The van der Waals surface area contributed by atoms with E-state index in [4.69, 9.17) is 22.9 Å². The van der Waals surface area contributed by atoms with Crippen molar-refractivity contribution in [1.29, 1.82) is 0 Å². The third kappa shape index (κ3) is 25.2. The van der Waals surface area contributed by atoms with E-state index in [9.17, 15) is 0 Å². The van der Waals surface area contributed by atoms with Crippen LogP contribution in [0.25, 0.3) is 0 Å². The van der Waals surface area contributed by atoms with Crippen molar-refractivity contribution in [3.8, 4) is 0 Å². The molecule has 0 aromatic rings. The van der Waals surface area contributed by atoms with Gasteiger partial charge in [-0.25, -0.2) is 0 Å². The van der Waals surface area contributed by atoms with Gasteiger partial charge in [-0.05, 0) is 20.0 Å². The molecule has 11 heteroatoms. The first-order chi connectivity index (χ1) is 17.6. The van der Waals surface area contributed by atoms with Gasteiger partial charge < -0.3 is 48.7 Å². The van der Waals surface area contributed by atoms with E-state index in [1.54, 1.807) is 0 Å². The van der Waals surface area contributed by atoms with Crippen LogP contribution in [0.3, 0.4) is 0 Å². The number of nitrogens with two attached hydrogens (primary N) is 4. The molecule has 11 nitrogen and oxygen atoms in total. The van der Waals surface area contributed by atoms with Crippen molar-refractivity contribution in [3.05, 3.63) is 0 Å². The molecule has 11 N–H and O–H groups in total. The molecular formula is C25H63N11. The number of hydrogen-bond acceptors (Lipinski definition) is 11. The first kappa shape index (κ1) is 35.6. The van der Waals surface area contributed by atoms with Gasteiger partial charge in [0.05, 0.1) is 0 Å². The number of hydrogen-bond donors (Lipinski definition) is 7. The van der Waals surface area contributed by atoms with Crippen molar-refractivity contribution in [1.82, 2.24) is 35.6 Å². The van der Waals surface area contributed by atoms with E-state index in [0.717, 1.165) is 98.2 Å². The lowest BCUT2D eigenvalue weighted by molar-refractivity contribution is 0.176. The molecule has 0 aromatic carbocycles. The molecule has 36 heavy (non-hydrogen) atoms. The van der Waals surface area contributed by atoms with Crippen LogP contribution in [-0.4, -0.2) is 164 Å². The summed E-state index contributed by atoms with van der Waals surface area (Å²) in [6.45, 7) is 22.7. The monoisotopic (exact) mass is 518 g/mol. The van der Waals surface area contributed by atoms with Crippen molar-refractivity contribution < 1.29 is 0 Å². The summed E-state index contributed by atoms with van der Waals surface area (Å²) in [5.74, 6) is 0. The summed E-state index contributed by atoms with van der Waals surface area (Å²) in [5.41, 5.74) is 22.8. The maximum Gasteiger partial charge on any atom is 0.0110 e. The van der Waals surface area contributed by atoms with Crippen LogP contribution in [0.4, 0.5) is 0 Å². The Morgan fingerprint density at radius 2 is 1.00 bits per heavy atom. The molecule has 1 aliphatic rings. The molecule has 1 saturated heterocycles. The third-order valence-corrected chi connectivity index (χ3v) is 6.15. The number of likely N-dealkylation sites (N-methyl/N-ethyl adjacent to an activating group) is 1. The fourth-order valence-corrected chi connectivity index (χ4v) is 3.75. The Morgan fingerprint density at radius 3 is 1.44 bits per heavy atom. The summed E-state index contributed by atoms with van der Waals surface area (Å²) in [5, 5.41) is 10.0. The zero-order valence-electron chi connectivity index (χ0n) is 23.9. The van der Waals surface area contributed by atoms with E-state index >= 15 is 0 Å². The van der Waals surface area contributed by atoms with Gasteiger partial charge in [0.2, 0.25) is 0 Å². The van der Waals surface area contributed by atoms with Crippen LogP contribution in [0.5, 0.6) is 0 Å². The molecule has 0 bridgehead atoms. The van der Waals surface area contributed by atoms with Crippen LogP contribution in [0, 0.1) is 0 Å². The van der Waals surface area contributed by atoms with E-state index in [1.807, 2.05) is 0 Å². The topological polar surface area (TPSA) is 163 Å². The first-order valence-corrected chi connectivity index (χ1v) is 14.4. The maximum absolute atomic E-state index is 5.78. The molecular weight excluding hydrogens is 454 g/mol. The van der Waals surface area contributed by atoms with E-state index in [1.165, 1.54) is 25.9 Å². The fraction of sp³-hybridized carbons (Fsp3) is 1.00. The predicted molar refractivity (Wildman–Crippen MR) is 157 cm³/mol. The minimum absolute atomic E-state index is 0.685. The van der Waals surface area contributed by atoms with Gasteiger partial charge in [0, 0.05) is 131 Å². The highest BCUT2D eigenvalue weighted by molar-refractivity contribution is 4.69. The van der Waals surface area contributed by atoms with Gasteiger partial charge >= 0.3 is 0 Å². The van der Waals surface area contributed by atoms with Gasteiger partial charge in [0.1, 0.15) is 0 Å². The van der Waals surface area contributed by atoms with Crippen LogP contribution in [0.15, 0.2) is 0 Å². The van der Waals surface area contributed by atoms with Crippen LogP contribution in [0.1, 0.15) is 19.8 Å². The molecule has 0 saturated carbocycles. The zero-order chi connectivity index (χ0) is 26.7. The normalized spacial score (nSPS) is 13.2. The van der Waals surface area contributed by atoms with Gasteiger partial charge in [0.15, 0.2) is 0 Å². The smallest absolute Gasteiger partial charge is 0.0110 e. The van der Waals surface area contributed by atoms with Crippen molar-refractivity contribution in [2.75, 3.05) is 144 Å². The molecule has 0 spiro atoms. The Labute approximate surface area is 223 Å². The summed E-state index contributed by atoms with van der Waals surface area (Å²) >= 11 is 0. The molecule has 0 radical (unpaired) electrons. The van der Waals surface area contributed by atoms with Gasteiger partial charge in [-0.2, -0.15) is 0 Å². The van der Waals surface area contributed by atoms with E-state index in [2.05, 4.69) is 49.5 Å². The highest BCUT2D eigenvalue weighted by atomic mass is 15.2. The Kier molecular flexibility index (Phi) is 27.3. The van der Waals surface area contributed by atoms with E-state index < -0.39 is 0 Å². The fourth-order valence-electron chi connectivity index (χ4n) is 3.75. The second-order valence-corrected chi connectivity index (χ2v) is 9.59. The molecule has 0 amide bonds. The second-order valence-electron chi connectivity index (χ2n) is 9.59. The van der Waals surface area contributed by atoms with Crippen molar-refractivity contribution >= 4 is 0 Å². The molecule has 1 fully saturated rings. The SMILES string of the molecule is C1CN1.CCCCN(CCN(CCN)CCN)CCN(CCNCCN)CCNCCN(C)CCN. The lowest BCUT2D eigenvalue weighted by Gasteiger charge is -2.30. The van der Waals surface area contributed by atoms with Crippen molar-refractivity contribution in [3.63, 3.8) is 0 Å². The number of nitrogens with zero attached hydrogens (tertiary/aromatic N) is 4. The van der Waals surface area contributed by atoms with E-state index in [-0.39, 0.29) is 0 Å². The van der Waals surface area contributed by atoms with Gasteiger partial charge in [0.25, 0.3) is 0 Å². The summed E-state index contributed by atoms with van der Waals surface area (Å²) in [6, 6.07) is 0. The Balaban J connectivity index is 0.00000377. The number of unbranched alkanes of at least 4 members (excludes halogenated alkanes) is 1. The van der Waals surface area contributed by atoms with Gasteiger partial charge in [-0.1, -0.05) is 13.3 Å². The average Bonchev–Trinajstić information content (AvgIpc) is 3.75. The zero-order valence-corrected chi connectivity index (χ0v) is 23.9. The van der Waals surface area contributed by atoms with Crippen molar-refractivity contribution in [2.24, 2.45) is 22.9 Å². The summed E-state index contributed by atoms with van der Waals surface area (Å²) < 4.78 is 0. The average molecular weight is 518 g/mol. The number of rotatable bonds is 26.